The summed E-state index contributed by atoms with van der Waals surface area (Å²) in [6.45, 7) is 1.33. The number of thioether (sulfide) groups is 1. The molecule has 0 aromatic carbocycles. The first-order valence-corrected chi connectivity index (χ1v) is 6.86. The Labute approximate surface area is 102 Å². The largest absolute Gasteiger partial charge is 0.355 e. The third kappa shape index (κ3) is 4.07. The highest BCUT2D eigenvalue weighted by Crippen LogP contribution is 2.42. The molecule has 0 aromatic heterocycles. The molecule has 0 aromatic rings. The van der Waals surface area contributed by atoms with Gasteiger partial charge < -0.3 is 11.1 Å². The number of amides is 1. The van der Waals surface area contributed by atoms with Crippen LogP contribution in [0.4, 0.5) is 0 Å². The van der Waals surface area contributed by atoms with Crippen LogP contribution in [0.15, 0.2) is 0 Å². The summed E-state index contributed by atoms with van der Waals surface area (Å²) in [5.41, 5.74) is 5.81. The Morgan fingerprint density at radius 3 is 2.81 bits per heavy atom. The lowest BCUT2D eigenvalue weighted by atomic mass is 9.66. The molecule has 0 heterocycles. The summed E-state index contributed by atoms with van der Waals surface area (Å²) >= 11 is 1.66. The van der Waals surface area contributed by atoms with Crippen molar-refractivity contribution in [3.8, 4) is 12.3 Å². The topological polar surface area (TPSA) is 55.1 Å². The highest BCUT2D eigenvalue weighted by molar-refractivity contribution is 7.99. The zero-order valence-electron chi connectivity index (χ0n) is 9.63. The van der Waals surface area contributed by atoms with Crippen LogP contribution in [0.2, 0.25) is 0 Å². The van der Waals surface area contributed by atoms with Crippen LogP contribution in [0.5, 0.6) is 0 Å². The van der Waals surface area contributed by atoms with E-state index in [9.17, 15) is 4.79 Å². The highest BCUT2D eigenvalue weighted by atomic mass is 32.2. The molecule has 90 valence electrons. The molecular weight excluding hydrogens is 220 g/mol. The second kappa shape index (κ2) is 6.82. The zero-order valence-corrected chi connectivity index (χ0v) is 10.4. The SMILES string of the molecule is C#CCSCCNC(=O)CC1(CN)CCC1. The van der Waals surface area contributed by atoms with E-state index in [-0.39, 0.29) is 11.3 Å². The van der Waals surface area contributed by atoms with Crippen LogP contribution in [0, 0.1) is 17.8 Å². The molecule has 0 atom stereocenters. The molecule has 0 spiro atoms. The Bertz CT molecular complexity index is 263. The molecule has 1 aliphatic carbocycles. The zero-order chi connectivity index (χ0) is 11.9. The van der Waals surface area contributed by atoms with Gasteiger partial charge in [0, 0.05) is 18.7 Å². The summed E-state index contributed by atoms with van der Waals surface area (Å²) in [7, 11) is 0. The second-order valence-electron chi connectivity index (χ2n) is 4.34. The predicted octanol–water partition coefficient (Wildman–Crippen LogP) is 0.988. The number of nitrogens with one attached hydrogen (secondary N) is 1. The molecule has 0 aliphatic heterocycles. The normalized spacial score (nSPS) is 17.2. The van der Waals surface area contributed by atoms with E-state index < -0.39 is 0 Å². The lowest BCUT2D eigenvalue weighted by Crippen LogP contribution is -2.42. The maximum atomic E-state index is 11.6. The first kappa shape index (κ1) is 13.4. The lowest BCUT2D eigenvalue weighted by molar-refractivity contribution is -0.124. The number of carbonyl (C=O) groups is 1. The van der Waals surface area contributed by atoms with Crippen LogP contribution in [-0.4, -0.2) is 30.5 Å². The van der Waals surface area contributed by atoms with Gasteiger partial charge in [-0.2, -0.15) is 0 Å². The standard InChI is InChI=1S/C12H20N2OS/c1-2-7-16-8-6-14-11(15)9-12(10-13)4-3-5-12/h1H,3-10,13H2,(H,14,15). The molecule has 1 rings (SSSR count). The number of carbonyl (C=O) groups excluding carboxylic acids is 1. The van der Waals surface area contributed by atoms with Crippen molar-refractivity contribution < 1.29 is 4.79 Å². The number of nitrogens with two attached hydrogens (primary N) is 1. The van der Waals surface area contributed by atoms with Gasteiger partial charge in [0.2, 0.25) is 5.91 Å². The fourth-order valence-corrected chi connectivity index (χ4v) is 2.44. The van der Waals surface area contributed by atoms with Gasteiger partial charge in [-0.15, -0.1) is 18.2 Å². The van der Waals surface area contributed by atoms with Crippen molar-refractivity contribution in [3.05, 3.63) is 0 Å². The fraction of sp³-hybridized carbons (Fsp3) is 0.750. The number of terminal acetylenes is 1. The quantitative estimate of drug-likeness (QED) is 0.515. The van der Waals surface area contributed by atoms with Gasteiger partial charge in [-0.25, -0.2) is 0 Å². The molecule has 1 aliphatic rings. The summed E-state index contributed by atoms with van der Waals surface area (Å²) in [5, 5.41) is 2.92. The van der Waals surface area contributed by atoms with Gasteiger partial charge in [-0.05, 0) is 24.8 Å². The Balaban J connectivity index is 2.09. The molecule has 0 saturated heterocycles. The average Bonchev–Trinajstić information content (AvgIpc) is 2.23. The van der Waals surface area contributed by atoms with Crippen LogP contribution in [-0.2, 0) is 4.79 Å². The molecule has 1 saturated carbocycles. The third-order valence-corrected chi connectivity index (χ3v) is 4.00. The molecule has 16 heavy (non-hydrogen) atoms. The summed E-state index contributed by atoms with van der Waals surface area (Å²) in [6, 6.07) is 0. The molecule has 4 heteroatoms. The average molecular weight is 240 g/mol. The first-order valence-electron chi connectivity index (χ1n) is 5.70. The van der Waals surface area contributed by atoms with Gasteiger partial charge >= 0.3 is 0 Å². The second-order valence-corrected chi connectivity index (χ2v) is 5.45. The smallest absolute Gasteiger partial charge is 0.220 e. The van der Waals surface area contributed by atoms with Crippen LogP contribution in [0.1, 0.15) is 25.7 Å². The molecule has 0 radical (unpaired) electrons. The fourth-order valence-electron chi connectivity index (χ4n) is 1.93. The molecule has 3 N–H and O–H groups in total. The van der Waals surface area contributed by atoms with E-state index in [1.807, 2.05) is 0 Å². The summed E-state index contributed by atoms with van der Waals surface area (Å²) in [4.78, 5) is 11.6. The number of hydrogen-bond donors (Lipinski definition) is 2. The van der Waals surface area contributed by atoms with Crippen molar-refractivity contribution >= 4 is 17.7 Å². The third-order valence-electron chi connectivity index (χ3n) is 3.14. The highest BCUT2D eigenvalue weighted by Gasteiger charge is 2.37. The molecular formula is C12H20N2OS. The summed E-state index contributed by atoms with van der Waals surface area (Å²) in [5.74, 6) is 4.28. The van der Waals surface area contributed by atoms with E-state index in [4.69, 9.17) is 12.2 Å². The number of hydrogen-bond acceptors (Lipinski definition) is 3. The minimum absolute atomic E-state index is 0.107. The van der Waals surface area contributed by atoms with Crippen molar-refractivity contribution in [2.45, 2.75) is 25.7 Å². The Morgan fingerprint density at radius 2 is 2.31 bits per heavy atom. The van der Waals surface area contributed by atoms with E-state index in [1.165, 1.54) is 6.42 Å². The summed E-state index contributed by atoms with van der Waals surface area (Å²) < 4.78 is 0. The maximum absolute atomic E-state index is 11.6. The molecule has 1 fully saturated rings. The monoisotopic (exact) mass is 240 g/mol. The molecule has 0 unspecified atom stereocenters. The van der Waals surface area contributed by atoms with Crippen molar-refractivity contribution in [1.82, 2.24) is 5.32 Å². The Kier molecular flexibility index (Phi) is 5.72. The van der Waals surface area contributed by atoms with Crippen LogP contribution in [0.25, 0.3) is 0 Å². The minimum atomic E-state index is 0.107. The Morgan fingerprint density at radius 1 is 1.56 bits per heavy atom. The molecule has 0 bridgehead atoms. The molecule has 3 nitrogen and oxygen atoms in total. The van der Waals surface area contributed by atoms with Crippen molar-refractivity contribution in [2.75, 3.05) is 24.6 Å². The van der Waals surface area contributed by atoms with E-state index in [2.05, 4.69) is 11.2 Å². The minimum Gasteiger partial charge on any atom is -0.355 e. The van der Waals surface area contributed by atoms with E-state index in [0.717, 1.165) is 18.6 Å². The van der Waals surface area contributed by atoms with Crippen LogP contribution in [0.3, 0.4) is 0 Å². The van der Waals surface area contributed by atoms with Gasteiger partial charge in [0.15, 0.2) is 0 Å². The van der Waals surface area contributed by atoms with Gasteiger partial charge in [0.25, 0.3) is 0 Å². The Hall–Kier alpha value is -0.660. The summed E-state index contributed by atoms with van der Waals surface area (Å²) in [6.07, 6.45) is 9.12. The van der Waals surface area contributed by atoms with Crippen molar-refractivity contribution in [3.63, 3.8) is 0 Å². The van der Waals surface area contributed by atoms with E-state index in [0.29, 0.717) is 25.3 Å². The van der Waals surface area contributed by atoms with Crippen LogP contribution >= 0.6 is 11.8 Å². The predicted molar refractivity (Wildman–Crippen MR) is 69.1 cm³/mol. The van der Waals surface area contributed by atoms with Gasteiger partial charge in [-0.1, -0.05) is 12.3 Å². The first-order chi connectivity index (χ1) is 7.72. The van der Waals surface area contributed by atoms with E-state index in [1.54, 1.807) is 11.8 Å². The van der Waals surface area contributed by atoms with Crippen LogP contribution < -0.4 is 11.1 Å². The number of rotatable bonds is 7. The van der Waals surface area contributed by atoms with Gasteiger partial charge in [0.1, 0.15) is 0 Å². The van der Waals surface area contributed by atoms with Crippen molar-refractivity contribution in [2.24, 2.45) is 11.1 Å². The van der Waals surface area contributed by atoms with E-state index >= 15 is 0 Å². The van der Waals surface area contributed by atoms with Gasteiger partial charge in [0.05, 0.1) is 5.75 Å². The maximum Gasteiger partial charge on any atom is 0.220 e. The van der Waals surface area contributed by atoms with Gasteiger partial charge in [-0.3, -0.25) is 4.79 Å². The molecule has 1 amide bonds. The lowest BCUT2D eigenvalue weighted by Gasteiger charge is -2.40. The van der Waals surface area contributed by atoms with Crippen molar-refractivity contribution in [1.29, 1.82) is 0 Å².